The average molecular weight is 608 g/mol. The minimum absolute atomic E-state index is 0.926. The normalized spacial score (nSPS) is 11.5. The van der Waals surface area contributed by atoms with Gasteiger partial charge in [-0.05, 0) is 89.5 Å². The van der Waals surface area contributed by atoms with Crippen molar-refractivity contribution in [3.05, 3.63) is 152 Å². The van der Waals surface area contributed by atoms with Gasteiger partial charge in [-0.2, -0.15) is 0 Å². The van der Waals surface area contributed by atoms with E-state index in [1.807, 2.05) is 36.8 Å². The van der Waals surface area contributed by atoms with E-state index in [0.29, 0.717) is 0 Å². The van der Waals surface area contributed by atoms with Gasteiger partial charge in [0.15, 0.2) is 0 Å². The summed E-state index contributed by atoms with van der Waals surface area (Å²) in [4.78, 5) is 18.2. The number of rotatable bonds is 5. The van der Waals surface area contributed by atoms with Crippen molar-refractivity contribution in [2.45, 2.75) is 0 Å². The van der Waals surface area contributed by atoms with Crippen LogP contribution < -0.4 is 0 Å². The number of fused-ring (bicyclic) bond motifs is 4. The van der Waals surface area contributed by atoms with Crippen LogP contribution in [0.3, 0.4) is 0 Å². The molecule has 0 radical (unpaired) electrons. The third-order valence-corrected chi connectivity index (χ3v) is 9.58. The minimum atomic E-state index is 0.926. The molecule has 0 saturated heterocycles. The summed E-state index contributed by atoms with van der Waals surface area (Å²) in [5.41, 5.74) is 12.0. The summed E-state index contributed by atoms with van der Waals surface area (Å²) in [7, 11) is 0. The maximum absolute atomic E-state index is 4.97. The predicted molar refractivity (Wildman–Crippen MR) is 189 cm³/mol. The number of para-hydroxylation sites is 1. The number of nitrogens with zero attached hydrogens (tertiary/aromatic N) is 5. The Balaban J connectivity index is 1.22. The molecule has 5 heterocycles. The highest BCUT2D eigenvalue weighted by atomic mass is 32.1. The number of aromatic nitrogens is 5. The number of hydrogen-bond acceptors (Lipinski definition) is 5. The molecule has 0 atom stereocenters. The molecule has 9 rings (SSSR count). The van der Waals surface area contributed by atoms with Gasteiger partial charge >= 0.3 is 0 Å². The largest absolute Gasteiger partial charge is 0.309 e. The smallest absolute Gasteiger partial charge is 0.124 e. The molecule has 5 nitrogen and oxygen atoms in total. The monoisotopic (exact) mass is 607 g/mol. The third-order valence-electron chi connectivity index (χ3n) is 8.50. The fourth-order valence-electron chi connectivity index (χ4n) is 6.24. The van der Waals surface area contributed by atoms with E-state index in [0.717, 1.165) is 66.3 Å². The van der Waals surface area contributed by atoms with E-state index >= 15 is 0 Å². The van der Waals surface area contributed by atoms with Crippen molar-refractivity contribution in [3.63, 3.8) is 0 Å². The van der Waals surface area contributed by atoms with Crippen LogP contribution in [0.15, 0.2) is 152 Å². The molecular weight excluding hydrogens is 583 g/mol. The van der Waals surface area contributed by atoms with E-state index in [1.165, 1.54) is 15.5 Å². The van der Waals surface area contributed by atoms with Gasteiger partial charge in [0.25, 0.3) is 0 Å². The Morgan fingerprint density at radius 2 is 1.26 bits per heavy atom. The highest BCUT2D eigenvalue weighted by Crippen LogP contribution is 2.39. The van der Waals surface area contributed by atoms with Crippen molar-refractivity contribution >= 4 is 43.4 Å². The first-order valence-electron chi connectivity index (χ1n) is 15.1. The molecule has 0 bridgehead atoms. The Kier molecular flexibility index (Phi) is 6.25. The highest BCUT2D eigenvalue weighted by molar-refractivity contribution is 7.21. The molecule has 6 heteroatoms. The van der Waals surface area contributed by atoms with E-state index in [2.05, 4.69) is 118 Å². The van der Waals surface area contributed by atoms with Gasteiger partial charge < -0.3 is 4.57 Å². The lowest BCUT2D eigenvalue weighted by Crippen LogP contribution is -1.95. The van der Waals surface area contributed by atoms with Crippen LogP contribution in [0, 0.1) is 0 Å². The molecule has 4 aromatic carbocycles. The van der Waals surface area contributed by atoms with Gasteiger partial charge in [0.2, 0.25) is 0 Å². The van der Waals surface area contributed by atoms with Crippen molar-refractivity contribution < 1.29 is 0 Å². The van der Waals surface area contributed by atoms with Crippen molar-refractivity contribution in [1.29, 1.82) is 0 Å². The first kappa shape index (κ1) is 26.4. The maximum atomic E-state index is 4.97. The Hall–Kier alpha value is -5.98. The van der Waals surface area contributed by atoms with E-state index in [4.69, 9.17) is 9.97 Å². The van der Waals surface area contributed by atoms with Gasteiger partial charge in [-0.15, -0.1) is 11.3 Å². The van der Waals surface area contributed by atoms with Crippen LogP contribution in [0.1, 0.15) is 0 Å². The average Bonchev–Trinajstić information content (AvgIpc) is 3.71. The minimum Gasteiger partial charge on any atom is -0.309 e. The summed E-state index contributed by atoms with van der Waals surface area (Å²) < 4.78 is 3.56. The summed E-state index contributed by atoms with van der Waals surface area (Å²) in [5, 5.41) is 3.41. The van der Waals surface area contributed by atoms with Gasteiger partial charge in [-0.3, -0.25) is 15.0 Å². The van der Waals surface area contributed by atoms with Crippen molar-refractivity contribution in [1.82, 2.24) is 24.5 Å². The van der Waals surface area contributed by atoms with Gasteiger partial charge in [-0.25, -0.2) is 4.98 Å². The molecule has 0 aliphatic rings. The maximum Gasteiger partial charge on any atom is 0.124 e. The second-order valence-corrected chi connectivity index (χ2v) is 12.3. The van der Waals surface area contributed by atoms with E-state index in [1.54, 1.807) is 23.7 Å². The molecule has 0 fully saturated rings. The first-order valence-corrected chi connectivity index (χ1v) is 15.9. The highest BCUT2D eigenvalue weighted by Gasteiger charge is 2.16. The lowest BCUT2D eigenvalue weighted by molar-refractivity contribution is 1.18. The molecule has 0 aliphatic carbocycles. The summed E-state index contributed by atoms with van der Waals surface area (Å²) in [6, 6.07) is 42.8. The van der Waals surface area contributed by atoms with Crippen LogP contribution in [-0.4, -0.2) is 24.5 Å². The zero-order valence-electron chi connectivity index (χ0n) is 24.6. The van der Waals surface area contributed by atoms with Crippen LogP contribution in [0.25, 0.3) is 81.8 Å². The second kappa shape index (κ2) is 10.9. The Morgan fingerprint density at radius 1 is 0.500 bits per heavy atom. The van der Waals surface area contributed by atoms with Crippen molar-refractivity contribution in [2.75, 3.05) is 0 Å². The third kappa shape index (κ3) is 4.55. The van der Waals surface area contributed by atoms with Crippen molar-refractivity contribution in [3.8, 4) is 49.8 Å². The molecule has 0 amide bonds. The number of benzene rings is 4. The zero-order valence-corrected chi connectivity index (χ0v) is 25.4. The topological polar surface area (TPSA) is 56.5 Å². The standard InChI is InChI=1S/C40H25N5S/c1-2-7-39-36(6-1)44-40(46-39)30-8-11-33-34-23-28(26-14-18-41-19-15-26)10-13-37(34)45(38(33)24-30)32-5-3-4-29(22-32)35-12-9-31(25-43-35)27-16-20-42-21-17-27/h1-25H. The van der Waals surface area contributed by atoms with E-state index < -0.39 is 0 Å². The van der Waals surface area contributed by atoms with Crippen LogP contribution >= 0.6 is 11.3 Å². The molecule has 46 heavy (non-hydrogen) atoms. The molecule has 0 spiro atoms. The number of thiazole rings is 1. The Labute approximate surface area is 269 Å². The van der Waals surface area contributed by atoms with Gasteiger partial charge in [0, 0.05) is 64.1 Å². The van der Waals surface area contributed by atoms with Crippen LogP contribution in [-0.2, 0) is 0 Å². The molecule has 0 unspecified atom stereocenters. The molecule has 9 aromatic rings. The molecule has 5 aromatic heterocycles. The number of hydrogen-bond donors (Lipinski definition) is 0. The predicted octanol–water partition coefficient (Wildman–Crippen LogP) is 10.2. The lowest BCUT2D eigenvalue weighted by atomic mass is 10.0. The lowest BCUT2D eigenvalue weighted by Gasteiger charge is -2.11. The second-order valence-electron chi connectivity index (χ2n) is 11.2. The number of pyridine rings is 3. The molecule has 0 N–H and O–H groups in total. The molecular formula is C40H25N5S. The van der Waals surface area contributed by atoms with Gasteiger partial charge in [0.1, 0.15) is 5.01 Å². The molecule has 0 saturated carbocycles. The Morgan fingerprint density at radius 3 is 2.04 bits per heavy atom. The fourth-order valence-corrected chi connectivity index (χ4v) is 7.20. The SMILES string of the molecule is c1cc(-c2ccc(-c3ccncc3)cn2)cc(-n2c3ccc(-c4ccncc4)cc3c3ccc(-c4nc5ccccc5s4)cc32)c1. The molecule has 216 valence electrons. The zero-order chi connectivity index (χ0) is 30.5. The van der Waals surface area contributed by atoms with E-state index in [-0.39, 0.29) is 0 Å². The molecule has 0 aliphatic heterocycles. The van der Waals surface area contributed by atoms with Gasteiger partial charge in [-0.1, -0.05) is 48.5 Å². The van der Waals surface area contributed by atoms with Gasteiger partial charge in [0.05, 0.1) is 26.9 Å². The van der Waals surface area contributed by atoms with Crippen LogP contribution in [0.5, 0.6) is 0 Å². The Bertz CT molecular complexity index is 2480. The first-order chi connectivity index (χ1) is 22.8. The summed E-state index contributed by atoms with van der Waals surface area (Å²) >= 11 is 1.73. The fraction of sp³-hybridized carbons (Fsp3) is 0. The quantitative estimate of drug-likeness (QED) is 0.195. The summed E-state index contributed by atoms with van der Waals surface area (Å²) in [5.74, 6) is 0. The van der Waals surface area contributed by atoms with E-state index in [9.17, 15) is 0 Å². The van der Waals surface area contributed by atoms with Crippen LogP contribution in [0.2, 0.25) is 0 Å². The summed E-state index contributed by atoms with van der Waals surface area (Å²) in [6.45, 7) is 0. The summed E-state index contributed by atoms with van der Waals surface area (Å²) in [6.07, 6.45) is 9.23. The van der Waals surface area contributed by atoms with Crippen LogP contribution in [0.4, 0.5) is 0 Å². The van der Waals surface area contributed by atoms with Crippen molar-refractivity contribution in [2.24, 2.45) is 0 Å².